The number of hydrogen-bond donors (Lipinski definition) is 0. The number of likely N-dealkylation sites (tertiary alicyclic amines) is 1. The first-order chi connectivity index (χ1) is 9.69. The molecule has 0 aliphatic carbocycles. The van der Waals surface area contributed by atoms with Gasteiger partial charge in [0.2, 0.25) is 0 Å². The normalized spacial score (nSPS) is 27.4. The van der Waals surface area contributed by atoms with Gasteiger partial charge in [-0.05, 0) is 62.9 Å². The van der Waals surface area contributed by atoms with Gasteiger partial charge in [0.15, 0.2) is 0 Å². The second-order valence-electron chi connectivity index (χ2n) is 6.36. The second kappa shape index (κ2) is 5.72. The predicted molar refractivity (Wildman–Crippen MR) is 82.0 cm³/mol. The summed E-state index contributed by atoms with van der Waals surface area (Å²) in [5.41, 5.74) is 3.08. The van der Waals surface area contributed by atoms with Crippen molar-refractivity contribution in [3.63, 3.8) is 0 Å². The van der Waals surface area contributed by atoms with Crippen LogP contribution >= 0.6 is 0 Å². The molecule has 0 spiro atoms. The summed E-state index contributed by atoms with van der Waals surface area (Å²) < 4.78 is 13.0. The zero-order valence-corrected chi connectivity index (χ0v) is 12.6. The lowest BCUT2D eigenvalue weighted by Crippen LogP contribution is -2.39. The molecule has 0 saturated carbocycles. The monoisotopic (exact) mass is 276 g/mol. The van der Waals surface area contributed by atoms with Gasteiger partial charge in [-0.25, -0.2) is 4.39 Å². The van der Waals surface area contributed by atoms with Crippen LogP contribution in [0, 0.1) is 6.92 Å². The number of alkyl halides is 1. The van der Waals surface area contributed by atoms with Gasteiger partial charge in [0.05, 0.1) is 0 Å². The summed E-state index contributed by atoms with van der Waals surface area (Å²) in [4.78, 5) is 5.10. The van der Waals surface area contributed by atoms with Crippen molar-refractivity contribution in [3.8, 4) is 0 Å². The fourth-order valence-corrected chi connectivity index (χ4v) is 3.74. The lowest BCUT2D eigenvalue weighted by Gasteiger charge is -2.28. The third-order valence-corrected chi connectivity index (χ3v) is 5.08. The molecule has 3 heteroatoms. The van der Waals surface area contributed by atoms with Crippen LogP contribution in [0.1, 0.15) is 37.3 Å². The number of aryl methyl sites for hydroxylation is 1. The molecular formula is C17H25FN2. The average Bonchev–Trinajstić information content (AvgIpc) is 3.08. The molecule has 2 nitrogen and oxygen atoms in total. The molecular weight excluding hydrogens is 251 g/mol. The van der Waals surface area contributed by atoms with E-state index >= 15 is 0 Å². The topological polar surface area (TPSA) is 6.48 Å². The van der Waals surface area contributed by atoms with Gasteiger partial charge in [0.25, 0.3) is 0 Å². The summed E-state index contributed by atoms with van der Waals surface area (Å²) in [6, 6.07) is 7.65. The number of benzene rings is 1. The summed E-state index contributed by atoms with van der Waals surface area (Å²) in [5.74, 6) is 0. The minimum atomic E-state index is -0.361. The van der Waals surface area contributed by atoms with Gasteiger partial charge < -0.3 is 4.90 Å². The fraction of sp³-hybridized carbons (Fsp3) is 0.647. The zero-order valence-electron chi connectivity index (χ0n) is 12.6. The molecule has 2 aliphatic rings. The highest BCUT2D eigenvalue weighted by atomic mass is 19.1. The first-order valence-electron chi connectivity index (χ1n) is 7.85. The Balaban J connectivity index is 1.70. The average molecular weight is 276 g/mol. The largest absolute Gasteiger partial charge is 0.370 e. The molecule has 2 unspecified atom stereocenters. The van der Waals surface area contributed by atoms with Crippen molar-refractivity contribution in [3.05, 3.63) is 29.3 Å². The molecule has 0 radical (unpaired) electrons. The minimum Gasteiger partial charge on any atom is -0.370 e. The third kappa shape index (κ3) is 2.56. The van der Waals surface area contributed by atoms with Crippen LogP contribution in [-0.2, 0) is 6.67 Å². The van der Waals surface area contributed by atoms with E-state index in [1.807, 2.05) is 13.0 Å². The van der Waals surface area contributed by atoms with Crippen molar-refractivity contribution in [2.24, 2.45) is 0 Å². The second-order valence-corrected chi connectivity index (χ2v) is 6.36. The Labute approximate surface area is 121 Å². The van der Waals surface area contributed by atoms with Gasteiger partial charge in [-0.15, -0.1) is 0 Å². The van der Waals surface area contributed by atoms with E-state index in [4.69, 9.17) is 0 Å². The van der Waals surface area contributed by atoms with Crippen LogP contribution in [0.2, 0.25) is 0 Å². The van der Waals surface area contributed by atoms with E-state index in [1.165, 1.54) is 31.5 Å². The standard InChI is InChI=1S/C17H25FN2/c1-13-5-6-16(10-15(13)11-18)19-9-7-17(12-19)20-8-3-4-14(20)2/h5-6,10,14,17H,3-4,7-9,11-12H2,1-2H3. The van der Waals surface area contributed by atoms with E-state index in [2.05, 4.69) is 28.9 Å². The highest BCUT2D eigenvalue weighted by Gasteiger charge is 2.32. The van der Waals surface area contributed by atoms with Crippen molar-refractivity contribution in [1.29, 1.82) is 0 Å². The highest BCUT2D eigenvalue weighted by Crippen LogP contribution is 2.29. The molecule has 2 fully saturated rings. The summed E-state index contributed by atoms with van der Waals surface area (Å²) in [6.45, 7) is 7.42. The lowest BCUT2D eigenvalue weighted by atomic mass is 10.1. The van der Waals surface area contributed by atoms with Gasteiger partial charge in [0.1, 0.15) is 6.67 Å². The van der Waals surface area contributed by atoms with Gasteiger partial charge in [-0.3, -0.25) is 4.90 Å². The Kier molecular flexibility index (Phi) is 3.97. The Hall–Kier alpha value is -1.09. The maximum Gasteiger partial charge on any atom is 0.115 e. The number of rotatable bonds is 3. The number of hydrogen-bond acceptors (Lipinski definition) is 2. The third-order valence-electron chi connectivity index (χ3n) is 5.08. The minimum absolute atomic E-state index is 0.361. The van der Waals surface area contributed by atoms with E-state index < -0.39 is 0 Å². The molecule has 2 heterocycles. The first kappa shape index (κ1) is 13.9. The number of nitrogens with zero attached hydrogens (tertiary/aromatic N) is 2. The van der Waals surface area contributed by atoms with Crippen molar-refractivity contribution in [2.45, 2.75) is 51.9 Å². The summed E-state index contributed by atoms with van der Waals surface area (Å²) >= 11 is 0. The van der Waals surface area contributed by atoms with E-state index in [0.29, 0.717) is 6.04 Å². The molecule has 2 aliphatic heterocycles. The Morgan fingerprint density at radius 1 is 1.25 bits per heavy atom. The molecule has 0 bridgehead atoms. The van der Waals surface area contributed by atoms with Crippen molar-refractivity contribution >= 4 is 5.69 Å². The lowest BCUT2D eigenvalue weighted by molar-refractivity contribution is 0.204. The predicted octanol–water partition coefficient (Wildman–Crippen LogP) is 3.53. The smallest absolute Gasteiger partial charge is 0.115 e. The van der Waals surface area contributed by atoms with E-state index in [0.717, 1.165) is 30.3 Å². The van der Waals surface area contributed by atoms with Crippen LogP contribution in [0.15, 0.2) is 18.2 Å². The van der Waals surface area contributed by atoms with Gasteiger partial charge in [0, 0.05) is 30.9 Å². The molecule has 0 N–H and O–H groups in total. The van der Waals surface area contributed by atoms with E-state index in [9.17, 15) is 4.39 Å². The van der Waals surface area contributed by atoms with Gasteiger partial charge >= 0.3 is 0 Å². The molecule has 1 aromatic carbocycles. The molecule has 2 atom stereocenters. The molecule has 0 aromatic heterocycles. The van der Waals surface area contributed by atoms with Crippen LogP contribution in [0.25, 0.3) is 0 Å². The maximum atomic E-state index is 13.0. The molecule has 3 rings (SSSR count). The Morgan fingerprint density at radius 2 is 2.10 bits per heavy atom. The first-order valence-corrected chi connectivity index (χ1v) is 7.85. The highest BCUT2D eigenvalue weighted by molar-refractivity contribution is 5.51. The van der Waals surface area contributed by atoms with Gasteiger partial charge in [-0.1, -0.05) is 6.07 Å². The van der Waals surface area contributed by atoms with Crippen molar-refractivity contribution in [1.82, 2.24) is 4.90 Å². The SMILES string of the molecule is Cc1ccc(N2CCC(N3CCCC3C)C2)cc1CF. The fourth-order valence-electron chi connectivity index (χ4n) is 3.74. The van der Waals surface area contributed by atoms with Crippen LogP contribution in [0.3, 0.4) is 0 Å². The van der Waals surface area contributed by atoms with Crippen molar-refractivity contribution in [2.75, 3.05) is 24.5 Å². The zero-order chi connectivity index (χ0) is 14.1. The molecule has 2 saturated heterocycles. The van der Waals surface area contributed by atoms with Crippen LogP contribution < -0.4 is 4.90 Å². The van der Waals surface area contributed by atoms with E-state index in [1.54, 1.807) is 0 Å². The van der Waals surface area contributed by atoms with Crippen molar-refractivity contribution < 1.29 is 4.39 Å². The van der Waals surface area contributed by atoms with Gasteiger partial charge in [-0.2, -0.15) is 0 Å². The molecule has 20 heavy (non-hydrogen) atoms. The maximum absolute atomic E-state index is 13.0. The van der Waals surface area contributed by atoms with Crippen LogP contribution in [0.4, 0.5) is 10.1 Å². The Bertz CT molecular complexity index is 474. The van der Waals surface area contributed by atoms with E-state index in [-0.39, 0.29) is 6.67 Å². The van der Waals surface area contributed by atoms with Crippen LogP contribution in [0.5, 0.6) is 0 Å². The summed E-state index contributed by atoms with van der Waals surface area (Å²) in [6.07, 6.45) is 3.92. The Morgan fingerprint density at radius 3 is 2.80 bits per heavy atom. The van der Waals surface area contributed by atoms with Crippen LogP contribution in [-0.4, -0.2) is 36.6 Å². The molecule has 110 valence electrons. The number of anilines is 1. The molecule has 1 aromatic rings. The molecule has 0 amide bonds. The quantitative estimate of drug-likeness (QED) is 0.833. The summed E-state index contributed by atoms with van der Waals surface area (Å²) in [5, 5.41) is 0. The number of halogens is 1. The summed E-state index contributed by atoms with van der Waals surface area (Å²) in [7, 11) is 0.